The Balaban J connectivity index is 2.03. The van der Waals surface area contributed by atoms with Gasteiger partial charge in [0.25, 0.3) is 0 Å². The molecule has 1 saturated heterocycles. The van der Waals surface area contributed by atoms with E-state index in [9.17, 15) is 4.79 Å². The van der Waals surface area contributed by atoms with Crippen molar-refractivity contribution in [2.45, 2.75) is 25.2 Å². The molecule has 0 N–H and O–H groups in total. The highest BCUT2D eigenvalue weighted by atomic mass is 32.2. The minimum absolute atomic E-state index is 0.0748. The van der Waals surface area contributed by atoms with Crippen molar-refractivity contribution in [1.29, 1.82) is 0 Å². The molecule has 0 aromatic heterocycles. The lowest BCUT2D eigenvalue weighted by Gasteiger charge is -2.08. The van der Waals surface area contributed by atoms with E-state index in [-0.39, 0.29) is 11.4 Å². The number of esters is 1. The third-order valence-electron chi connectivity index (χ3n) is 1.53. The standard InChI is InChI=1S/C8H14O3S/c1-2-3-7(9)11-6-8-10-4-5-12-8/h8H,2-6H2,1H3/t8-/m1/s1. The molecular formula is C8H14O3S. The Labute approximate surface area is 76.8 Å². The van der Waals surface area contributed by atoms with E-state index in [0.717, 1.165) is 18.8 Å². The van der Waals surface area contributed by atoms with Crippen LogP contribution in [0.4, 0.5) is 0 Å². The summed E-state index contributed by atoms with van der Waals surface area (Å²) in [4.78, 5) is 10.9. The number of thioether (sulfide) groups is 1. The molecule has 0 saturated carbocycles. The van der Waals surface area contributed by atoms with Crippen LogP contribution in [0.1, 0.15) is 19.8 Å². The van der Waals surface area contributed by atoms with Crippen LogP contribution < -0.4 is 0 Å². The highest BCUT2D eigenvalue weighted by Gasteiger charge is 2.17. The zero-order valence-electron chi connectivity index (χ0n) is 7.25. The molecule has 0 radical (unpaired) electrons. The van der Waals surface area contributed by atoms with E-state index >= 15 is 0 Å². The number of carbonyl (C=O) groups is 1. The minimum atomic E-state index is -0.117. The molecule has 12 heavy (non-hydrogen) atoms. The van der Waals surface area contributed by atoms with Crippen LogP contribution in [0.25, 0.3) is 0 Å². The summed E-state index contributed by atoms with van der Waals surface area (Å²) >= 11 is 1.70. The van der Waals surface area contributed by atoms with Gasteiger partial charge in [-0.15, -0.1) is 11.8 Å². The van der Waals surface area contributed by atoms with Crippen molar-refractivity contribution in [2.75, 3.05) is 19.0 Å². The lowest BCUT2D eigenvalue weighted by molar-refractivity contribution is -0.145. The van der Waals surface area contributed by atoms with Crippen molar-refractivity contribution >= 4 is 17.7 Å². The Morgan fingerprint density at radius 3 is 3.17 bits per heavy atom. The van der Waals surface area contributed by atoms with Gasteiger partial charge in [0.15, 0.2) is 0 Å². The van der Waals surface area contributed by atoms with Gasteiger partial charge in [-0.05, 0) is 6.42 Å². The largest absolute Gasteiger partial charge is 0.462 e. The second-order valence-electron chi connectivity index (χ2n) is 2.60. The van der Waals surface area contributed by atoms with Gasteiger partial charge in [-0.2, -0.15) is 0 Å². The second kappa shape index (κ2) is 5.43. The topological polar surface area (TPSA) is 35.5 Å². The summed E-state index contributed by atoms with van der Waals surface area (Å²) in [5, 5.41) is 0. The Hall–Kier alpha value is -0.220. The monoisotopic (exact) mass is 190 g/mol. The first-order chi connectivity index (χ1) is 5.83. The van der Waals surface area contributed by atoms with Gasteiger partial charge in [0.1, 0.15) is 12.0 Å². The van der Waals surface area contributed by atoms with Gasteiger partial charge in [-0.3, -0.25) is 4.79 Å². The van der Waals surface area contributed by atoms with Crippen LogP contribution in [0.2, 0.25) is 0 Å². The van der Waals surface area contributed by atoms with Crippen molar-refractivity contribution in [2.24, 2.45) is 0 Å². The van der Waals surface area contributed by atoms with Crippen LogP contribution in [0.15, 0.2) is 0 Å². The quantitative estimate of drug-likeness (QED) is 0.628. The van der Waals surface area contributed by atoms with Gasteiger partial charge in [-0.25, -0.2) is 0 Å². The predicted molar refractivity (Wildman–Crippen MR) is 48.1 cm³/mol. The highest BCUT2D eigenvalue weighted by Crippen LogP contribution is 2.19. The van der Waals surface area contributed by atoms with Gasteiger partial charge in [0.05, 0.1) is 6.61 Å². The molecule has 3 nitrogen and oxygen atoms in total. The van der Waals surface area contributed by atoms with Gasteiger partial charge in [0, 0.05) is 12.2 Å². The van der Waals surface area contributed by atoms with Crippen molar-refractivity contribution in [3.63, 3.8) is 0 Å². The molecule has 0 aromatic carbocycles. The molecule has 1 heterocycles. The number of hydrogen-bond donors (Lipinski definition) is 0. The summed E-state index contributed by atoms with van der Waals surface area (Å²) in [5.74, 6) is 0.893. The molecular weight excluding hydrogens is 176 g/mol. The first kappa shape index (κ1) is 9.86. The lowest BCUT2D eigenvalue weighted by Crippen LogP contribution is -2.15. The maximum absolute atomic E-state index is 10.9. The Bertz CT molecular complexity index is 143. The van der Waals surface area contributed by atoms with Crippen LogP contribution in [-0.4, -0.2) is 30.4 Å². The molecule has 1 aliphatic heterocycles. The van der Waals surface area contributed by atoms with Gasteiger partial charge in [0.2, 0.25) is 0 Å². The first-order valence-electron chi connectivity index (χ1n) is 4.21. The van der Waals surface area contributed by atoms with Gasteiger partial charge >= 0.3 is 5.97 Å². The van der Waals surface area contributed by atoms with E-state index in [1.807, 2.05) is 6.92 Å². The van der Waals surface area contributed by atoms with Crippen molar-refractivity contribution < 1.29 is 14.3 Å². The van der Waals surface area contributed by atoms with E-state index < -0.39 is 0 Å². The smallest absolute Gasteiger partial charge is 0.305 e. The number of rotatable bonds is 4. The van der Waals surface area contributed by atoms with E-state index in [1.165, 1.54) is 0 Å². The van der Waals surface area contributed by atoms with Crippen molar-refractivity contribution in [3.8, 4) is 0 Å². The molecule has 1 rings (SSSR count). The Kier molecular flexibility index (Phi) is 4.46. The molecule has 0 spiro atoms. The molecule has 0 aliphatic carbocycles. The molecule has 0 aromatic rings. The third-order valence-corrected chi connectivity index (χ3v) is 2.57. The normalized spacial score (nSPS) is 22.6. The fourth-order valence-electron chi connectivity index (χ4n) is 0.941. The second-order valence-corrected chi connectivity index (χ2v) is 3.87. The van der Waals surface area contributed by atoms with Crippen LogP contribution in [0.3, 0.4) is 0 Å². The Morgan fingerprint density at radius 1 is 1.75 bits per heavy atom. The summed E-state index contributed by atoms with van der Waals surface area (Å²) in [6.07, 6.45) is 1.36. The van der Waals surface area contributed by atoms with Crippen LogP contribution in [-0.2, 0) is 14.3 Å². The molecule has 70 valence electrons. The number of carbonyl (C=O) groups excluding carboxylic acids is 1. The zero-order chi connectivity index (χ0) is 8.81. The fourth-order valence-corrected chi connectivity index (χ4v) is 1.75. The van der Waals surface area contributed by atoms with Gasteiger partial charge in [-0.1, -0.05) is 6.92 Å². The average Bonchev–Trinajstić information content (AvgIpc) is 2.53. The summed E-state index contributed by atoms with van der Waals surface area (Å²) in [5.41, 5.74) is 0.0748. The third kappa shape index (κ3) is 3.45. The highest BCUT2D eigenvalue weighted by molar-refractivity contribution is 8.00. The predicted octanol–water partition coefficient (Wildman–Crippen LogP) is 1.42. The van der Waals surface area contributed by atoms with Crippen LogP contribution >= 0.6 is 11.8 Å². The van der Waals surface area contributed by atoms with E-state index in [4.69, 9.17) is 9.47 Å². The Morgan fingerprint density at radius 2 is 2.58 bits per heavy atom. The first-order valence-corrected chi connectivity index (χ1v) is 5.26. The summed E-state index contributed by atoms with van der Waals surface area (Å²) in [7, 11) is 0. The molecule has 1 atom stereocenters. The molecule has 0 amide bonds. The molecule has 0 bridgehead atoms. The van der Waals surface area contributed by atoms with Gasteiger partial charge < -0.3 is 9.47 Å². The maximum atomic E-state index is 10.9. The molecule has 4 heteroatoms. The minimum Gasteiger partial charge on any atom is -0.462 e. The van der Waals surface area contributed by atoms with Crippen molar-refractivity contribution in [3.05, 3.63) is 0 Å². The fraction of sp³-hybridized carbons (Fsp3) is 0.875. The SMILES string of the molecule is CCCC(=O)OC[C@@H]1OCCS1. The maximum Gasteiger partial charge on any atom is 0.305 e. The zero-order valence-corrected chi connectivity index (χ0v) is 8.06. The van der Waals surface area contributed by atoms with Crippen LogP contribution in [0.5, 0.6) is 0 Å². The van der Waals surface area contributed by atoms with E-state index in [2.05, 4.69) is 0 Å². The molecule has 0 unspecified atom stereocenters. The number of ether oxygens (including phenoxy) is 2. The summed E-state index contributed by atoms with van der Waals surface area (Å²) in [6, 6.07) is 0. The van der Waals surface area contributed by atoms with E-state index in [0.29, 0.717) is 13.0 Å². The number of hydrogen-bond acceptors (Lipinski definition) is 4. The van der Waals surface area contributed by atoms with E-state index in [1.54, 1.807) is 11.8 Å². The molecule has 1 fully saturated rings. The molecule has 1 aliphatic rings. The summed E-state index contributed by atoms with van der Waals surface area (Å²) in [6.45, 7) is 3.15. The lowest BCUT2D eigenvalue weighted by atomic mass is 10.3. The summed E-state index contributed by atoms with van der Waals surface area (Å²) < 4.78 is 10.2. The average molecular weight is 190 g/mol. The van der Waals surface area contributed by atoms with Crippen LogP contribution in [0, 0.1) is 0 Å². The van der Waals surface area contributed by atoms with Crippen molar-refractivity contribution in [1.82, 2.24) is 0 Å².